The van der Waals surface area contributed by atoms with E-state index in [1.54, 1.807) is 24.2 Å². The van der Waals surface area contributed by atoms with E-state index in [2.05, 4.69) is 10.4 Å². The number of benzene rings is 1. The van der Waals surface area contributed by atoms with Gasteiger partial charge in [0.1, 0.15) is 18.0 Å². The molecule has 10 nitrogen and oxygen atoms in total. The van der Waals surface area contributed by atoms with E-state index < -0.39 is 30.4 Å². The van der Waals surface area contributed by atoms with Gasteiger partial charge in [-0.2, -0.15) is 5.10 Å². The van der Waals surface area contributed by atoms with Gasteiger partial charge in [0.15, 0.2) is 12.1 Å². The molecule has 11 heteroatoms. The number of likely N-dealkylation sites (N-methyl/N-ethyl adjacent to an activating group) is 1. The van der Waals surface area contributed by atoms with E-state index >= 15 is 0 Å². The maximum absolute atomic E-state index is 13.3. The summed E-state index contributed by atoms with van der Waals surface area (Å²) in [5.41, 5.74) is 1.48. The second-order valence-corrected chi connectivity index (χ2v) is 8.41. The van der Waals surface area contributed by atoms with Crippen molar-refractivity contribution >= 4 is 40.8 Å². The lowest BCUT2D eigenvalue weighted by atomic mass is 10.1. The molecule has 0 radical (unpaired) electrons. The van der Waals surface area contributed by atoms with E-state index in [9.17, 15) is 19.2 Å². The highest BCUT2D eigenvalue weighted by atomic mass is 35.5. The van der Waals surface area contributed by atoms with Gasteiger partial charge in [-0.15, -0.1) is 0 Å². The van der Waals surface area contributed by atoms with Gasteiger partial charge >= 0.3 is 6.03 Å². The highest BCUT2D eigenvalue weighted by molar-refractivity contribution is 6.30. The lowest BCUT2D eigenvalue weighted by molar-refractivity contribution is -0.141. The number of amides is 3. The van der Waals surface area contributed by atoms with Crippen LogP contribution in [0.5, 0.6) is 0 Å². The Hall–Kier alpha value is -2.82. The van der Waals surface area contributed by atoms with Crippen LogP contribution in [0.15, 0.2) is 29.4 Å². The highest BCUT2D eigenvalue weighted by Crippen LogP contribution is 2.31. The number of carbonyl (C=O) groups is 4. The van der Waals surface area contributed by atoms with Gasteiger partial charge in [0, 0.05) is 18.6 Å². The standard InChI is InChI=1S/C20H23ClN6O4/c1-11(28)8-26-18(30)16-17(24(3)20(26)31)22-19-25(16)10-15(23-27(19)9-12(2)29)13-4-6-14(21)7-5-13/h4-7,16-17,19,22H,8-10H2,1-3H3. The van der Waals surface area contributed by atoms with E-state index in [0.29, 0.717) is 17.3 Å². The molecule has 0 aliphatic carbocycles. The topological polar surface area (TPSA) is 106 Å². The van der Waals surface area contributed by atoms with Crippen LogP contribution in [0.1, 0.15) is 19.4 Å². The molecule has 2 saturated heterocycles. The Bertz CT molecular complexity index is 980. The Morgan fingerprint density at radius 1 is 1.13 bits per heavy atom. The molecule has 0 saturated carbocycles. The zero-order chi connectivity index (χ0) is 22.4. The molecule has 0 aromatic heterocycles. The first kappa shape index (κ1) is 21.4. The second-order valence-electron chi connectivity index (χ2n) is 7.98. The lowest BCUT2D eigenvalue weighted by Gasteiger charge is -2.42. The van der Waals surface area contributed by atoms with Crippen molar-refractivity contribution in [3.05, 3.63) is 34.9 Å². The fourth-order valence-corrected chi connectivity index (χ4v) is 4.33. The Morgan fingerprint density at radius 2 is 1.77 bits per heavy atom. The van der Waals surface area contributed by atoms with Gasteiger partial charge in [0.05, 0.1) is 18.8 Å². The van der Waals surface area contributed by atoms with Crippen LogP contribution in [-0.4, -0.2) is 94.1 Å². The summed E-state index contributed by atoms with van der Waals surface area (Å²) in [6, 6.07) is 5.89. The predicted octanol–water partition coefficient (Wildman–Crippen LogP) is 0.315. The fourth-order valence-electron chi connectivity index (χ4n) is 4.20. The molecular weight excluding hydrogens is 424 g/mol. The number of halogens is 1. The Kier molecular flexibility index (Phi) is 5.54. The number of hydrogen-bond acceptors (Lipinski definition) is 8. The van der Waals surface area contributed by atoms with Gasteiger partial charge < -0.3 is 4.90 Å². The third-order valence-electron chi connectivity index (χ3n) is 5.57. The van der Waals surface area contributed by atoms with Crippen LogP contribution in [0.2, 0.25) is 5.02 Å². The van der Waals surface area contributed by atoms with Crippen molar-refractivity contribution in [2.24, 2.45) is 5.10 Å². The molecule has 164 valence electrons. The summed E-state index contributed by atoms with van der Waals surface area (Å²) in [7, 11) is 1.58. The molecule has 0 bridgehead atoms. The molecule has 4 rings (SSSR count). The van der Waals surface area contributed by atoms with Crippen LogP contribution >= 0.6 is 11.6 Å². The second kappa shape index (κ2) is 8.03. The van der Waals surface area contributed by atoms with Gasteiger partial charge in [0.25, 0.3) is 5.91 Å². The molecule has 3 heterocycles. The predicted molar refractivity (Wildman–Crippen MR) is 112 cm³/mol. The summed E-state index contributed by atoms with van der Waals surface area (Å²) in [6.45, 7) is 2.88. The number of carbonyl (C=O) groups excluding carboxylic acids is 4. The van der Waals surface area contributed by atoms with Gasteiger partial charge in [-0.3, -0.25) is 29.6 Å². The SMILES string of the molecule is CC(=O)CN1C(=O)C2C(NC3N(CC(C)=O)N=C(c4ccc(Cl)cc4)CN23)N(C)C1=O. The number of hydrogen-bond donors (Lipinski definition) is 1. The van der Waals surface area contributed by atoms with Crippen molar-refractivity contribution in [1.82, 2.24) is 25.0 Å². The van der Waals surface area contributed by atoms with Gasteiger partial charge in [-0.25, -0.2) is 9.69 Å². The van der Waals surface area contributed by atoms with Crippen molar-refractivity contribution in [3.8, 4) is 0 Å². The van der Waals surface area contributed by atoms with E-state index in [1.165, 1.54) is 18.7 Å². The van der Waals surface area contributed by atoms with Crippen LogP contribution < -0.4 is 5.32 Å². The number of imide groups is 1. The number of urea groups is 1. The van der Waals surface area contributed by atoms with Crippen LogP contribution in [0.25, 0.3) is 0 Å². The molecule has 31 heavy (non-hydrogen) atoms. The summed E-state index contributed by atoms with van der Waals surface area (Å²) < 4.78 is 0. The normalized spacial score (nSPS) is 26.0. The van der Waals surface area contributed by atoms with Crippen LogP contribution in [-0.2, 0) is 14.4 Å². The number of nitrogens with zero attached hydrogens (tertiary/aromatic N) is 5. The molecule has 3 aliphatic rings. The first-order chi connectivity index (χ1) is 14.7. The molecule has 3 amide bonds. The Morgan fingerprint density at radius 3 is 2.39 bits per heavy atom. The van der Waals surface area contributed by atoms with Crippen LogP contribution in [0.4, 0.5) is 4.79 Å². The number of fused-ring (bicyclic) bond motifs is 3. The molecule has 0 spiro atoms. The first-order valence-corrected chi connectivity index (χ1v) is 10.2. The molecular formula is C20H23ClN6O4. The van der Waals surface area contributed by atoms with E-state index in [0.717, 1.165) is 10.5 Å². The number of ketones is 2. The fraction of sp³-hybridized carbons (Fsp3) is 0.450. The minimum absolute atomic E-state index is 0.0354. The third-order valence-corrected chi connectivity index (χ3v) is 5.82. The van der Waals surface area contributed by atoms with Crippen molar-refractivity contribution in [2.75, 3.05) is 26.7 Å². The summed E-state index contributed by atoms with van der Waals surface area (Å²) in [4.78, 5) is 53.8. The molecule has 3 unspecified atom stereocenters. The molecule has 2 fully saturated rings. The summed E-state index contributed by atoms with van der Waals surface area (Å²) >= 11 is 6.00. The summed E-state index contributed by atoms with van der Waals surface area (Å²) in [5.74, 6) is -0.818. The average molecular weight is 447 g/mol. The van der Waals surface area contributed by atoms with E-state index in [4.69, 9.17) is 11.6 Å². The van der Waals surface area contributed by atoms with Crippen molar-refractivity contribution in [3.63, 3.8) is 0 Å². The number of Topliss-reactive ketones (excluding diaryl/α,β-unsaturated/α-hetero) is 2. The maximum atomic E-state index is 13.3. The zero-order valence-electron chi connectivity index (χ0n) is 17.4. The molecule has 1 aromatic rings. The number of hydrazone groups is 1. The van der Waals surface area contributed by atoms with Gasteiger partial charge in [0.2, 0.25) is 0 Å². The van der Waals surface area contributed by atoms with E-state index in [-0.39, 0.29) is 24.7 Å². The first-order valence-electron chi connectivity index (χ1n) is 9.86. The Balaban J connectivity index is 1.71. The smallest absolute Gasteiger partial charge is 0.310 e. The zero-order valence-corrected chi connectivity index (χ0v) is 18.2. The lowest BCUT2D eigenvalue weighted by Crippen LogP contribution is -2.67. The van der Waals surface area contributed by atoms with Gasteiger partial charge in [-0.1, -0.05) is 23.7 Å². The minimum atomic E-state index is -0.723. The quantitative estimate of drug-likeness (QED) is 0.694. The van der Waals surface area contributed by atoms with Crippen molar-refractivity contribution < 1.29 is 19.2 Å². The van der Waals surface area contributed by atoms with Crippen LogP contribution in [0.3, 0.4) is 0 Å². The van der Waals surface area contributed by atoms with Crippen LogP contribution in [0, 0.1) is 0 Å². The van der Waals surface area contributed by atoms with E-state index in [1.807, 2.05) is 17.0 Å². The van der Waals surface area contributed by atoms with Crippen molar-refractivity contribution in [2.45, 2.75) is 32.3 Å². The molecule has 1 N–H and O–H groups in total. The largest absolute Gasteiger partial charge is 0.328 e. The third kappa shape index (κ3) is 3.82. The number of nitrogens with one attached hydrogen (secondary N) is 1. The molecule has 3 aliphatic heterocycles. The summed E-state index contributed by atoms with van der Waals surface area (Å²) in [5, 5.41) is 10.1. The van der Waals surface area contributed by atoms with Gasteiger partial charge in [-0.05, 0) is 31.5 Å². The highest BCUT2D eigenvalue weighted by Gasteiger charge is 2.56. The minimum Gasteiger partial charge on any atom is -0.310 e. The molecule has 1 aromatic carbocycles. The monoisotopic (exact) mass is 446 g/mol. The number of rotatable bonds is 5. The van der Waals surface area contributed by atoms with Crippen molar-refractivity contribution in [1.29, 1.82) is 0 Å². The maximum Gasteiger partial charge on any atom is 0.328 e. The Labute approximate surface area is 184 Å². The average Bonchev–Trinajstić information content (AvgIpc) is 3.09. The molecule has 3 atom stereocenters. The summed E-state index contributed by atoms with van der Waals surface area (Å²) in [6.07, 6.45) is -1.16.